The van der Waals surface area contributed by atoms with Crippen molar-refractivity contribution in [2.75, 3.05) is 62.8 Å². The van der Waals surface area contributed by atoms with Gasteiger partial charge in [-0.2, -0.15) is 0 Å². The zero-order chi connectivity index (χ0) is 20.9. The van der Waals surface area contributed by atoms with Gasteiger partial charge in [0, 0.05) is 39.8 Å². The lowest BCUT2D eigenvalue weighted by Crippen LogP contribution is -2.46. The first-order chi connectivity index (χ1) is 14.6. The molecule has 0 saturated carbocycles. The van der Waals surface area contributed by atoms with Gasteiger partial charge in [-0.05, 0) is 5.56 Å². The fraction of sp³-hybridized carbons (Fsp3) is 0.500. The number of nitrogens with zero attached hydrogens (tertiary/aromatic N) is 6. The normalized spacial score (nSPS) is 18.0. The molecule has 1 aromatic heterocycles. The van der Waals surface area contributed by atoms with Gasteiger partial charge < -0.3 is 19.3 Å². The van der Waals surface area contributed by atoms with E-state index in [0.29, 0.717) is 38.7 Å². The van der Waals surface area contributed by atoms with Gasteiger partial charge in [0.25, 0.3) is 0 Å². The topological polar surface area (TPSA) is 97.1 Å². The monoisotopic (exact) mass is 414 g/mol. The average Bonchev–Trinajstić information content (AvgIpc) is 3.27. The van der Waals surface area contributed by atoms with E-state index in [-0.39, 0.29) is 11.5 Å². The minimum Gasteiger partial charge on any atom is -0.349 e. The lowest BCUT2D eigenvalue weighted by atomic mass is 10.2. The molecule has 2 aromatic rings. The highest BCUT2D eigenvalue weighted by atomic mass is 16.7. The minimum absolute atomic E-state index is 0.0745. The van der Waals surface area contributed by atoms with Crippen LogP contribution in [0.3, 0.4) is 0 Å². The molecule has 10 nitrogen and oxygen atoms in total. The Morgan fingerprint density at radius 2 is 1.83 bits per heavy atom. The predicted octanol–water partition coefficient (Wildman–Crippen LogP) is 1.52. The summed E-state index contributed by atoms with van der Waals surface area (Å²) >= 11 is 0. The van der Waals surface area contributed by atoms with Crippen molar-refractivity contribution in [3.05, 3.63) is 52.3 Å². The molecule has 0 bridgehead atoms. The Morgan fingerprint density at radius 3 is 2.50 bits per heavy atom. The maximum Gasteiger partial charge on any atom is 0.353 e. The molecule has 160 valence electrons. The van der Waals surface area contributed by atoms with Crippen molar-refractivity contribution < 1.29 is 14.4 Å². The maximum atomic E-state index is 11.9. The predicted molar refractivity (Wildman–Crippen MR) is 112 cm³/mol. The fourth-order valence-corrected chi connectivity index (χ4v) is 3.82. The molecule has 4 rings (SSSR count). The third-order valence-corrected chi connectivity index (χ3v) is 5.36. The Hall–Kier alpha value is -2.82. The molecule has 30 heavy (non-hydrogen) atoms. The SMILES string of the molecule is CN(CC1OCCO1)c1ncnc(N2CCN(Cc3ccccc3)CC2)c1[N+](=O)[O-]. The number of hydrogen-bond acceptors (Lipinski definition) is 9. The smallest absolute Gasteiger partial charge is 0.349 e. The van der Waals surface area contributed by atoms with Crippen LogP contribution in [0.15, 0.2) is 36.7 Å². The Kier molecular flexibility index (Phi) is 6.36. The summed E-state index contributed by atoms with van der Waals surface area (Å²) in [7, 11) is 1.75. The van der Waals surface area contributed by atoms with Crippen LogP contribution in [-0.2, 0) is 16.0 Å². The molecule has 2 saturated heterocycles. The summed E-state index contributed by atoms with van der Waals surface area (Å²) in [6, 6.07) is 10.3. The van der Waals surface area contributed by atoms with Crippen molar-refractivity contribution >= 4 is 17.3 Å². The van der Waals surface area contributed by atoms with Gasteiger partial charge in [-0.25, -0.2) is 9.97 Å². The second-order valence-electron chi connectivity index (χ2n) is 7.43. The van der Waals surface area contributed by atoms with Crippen LogP contribution in [0.1, 0.15) is 5.56 Å². The van der Waals surface area contributed by atoms with Crippen LogP contribution >= 0.6 is 0 Å². The number of likely N-dealkylation sites (N-methyl/N-ethyl adjacent to an activating group) is 1. The van der Waals surface area contributed by atoms with E-state index in [2.05, 4.69) is 27.0 Å². The van der Waals surface area contributed by atoms with Crippen molar-refractivity contribution in [1.82, 2.24) is 14.9 Å². The number of piperazine rings is 1. The summed E-state index contributed by atoms with van der Waals surface area (Å²) in [5, 5.41) is 11.9. The van der Waals surface area contributed by atoms with E-state index in [1.165, 1.54) is 11.9 Å². The molecule has 3 heterocycles. The number of aromatic nitrogens is 2. The summed E-state index contributed by atoms with van der Waals surface area (Å²) in [5.41, 5.74) is 1.19. The van der Waals surface area contributed by atoms with Crippen LogP contribution in [-0.4, -0.2) is 79.1 Å². The summed E-state index contributed by atoms with van der Waals surface area (Å²) in [6.45, 7) is 5.26. The standard InChI is InChI=1S/C20H26N6O4/c1-23(14-17-29-11-12-30-17)19-18(26(27)28)20(22-15-21-19)25-9-7-24(8-10-25)13-16-5-3-2-4-6-16/h2-6,15,17H,7-14H2,1H3. The molecule has 2 aliphatic heterocycles. The van der Waals surface area contributed by atoms with Gasteiger partial charge in [0.05, 0.1) is 24.7 Å². The van der Waals surface area contributed by atoms with Crippen LogP contribution in [0.25, 0.3) is 0 Å². The molecule has 0 aliphatic carbocycles. The van der Waals surface area contributed by atoms with Gasteiger partial charge in [0.1, 0.15) is 6.33 Å². The summed E-state index contributed by atoms with van der Waals surface area (Å²) in [4.78, 5) is 26.0. The first-order valence-corrected chi connectivity index (χ1v) is 10.1. The third-order valence-electron chi connectivity index (χ3n) is 5.36. The highest BCUT2D eigenvalue weighted by Gasteiger charge is 2.32. The van der Waals surface area contributed by atoms with Gasteiger partial charge in [-0.1, -0.05) is 30.3 Å². The van der Waals surface area contributed by atoms with E-state index in [1.54, 1.807) is 11.9 Å². The van der Waals surface area contributed by atoms with E-state index < -0.39 is 11.2 Å². The Balaban J connectivity index is 1.46. The maximum absolute atomic E-state index is 11.9. The first kappa shape index (κ1) is 20.5. The Labute approximate surface area is 175 Å². The second-order valence-corrected chi connectivity index (χ2v) is 7.43. The molecule has 1 aromatic carbocycles. The zero-order valence-corrected chi connectivity index (χ0v) is 17.0. The van der Waals surface area contributed by atoms with Crippen LogP contribution in [0, 0.1) is 10.1 Å². The fourth-order valence-electron chi connectivity index (χ4n) is 3.82. The molecule has 0 atom stereocenters. The molecule has 0 N–H and O–H groups in total. The van der Waals surface area contributed by atoms with Crippen LogP contribution in [0.2, 0.25) is 0 Å². The summed E-state index contributed by atoms with van der Waals surface area (Å²) in [5.74, 6) is 0.639. The van der Waals surface area contributed by atoms with Gasteiger partial charge in [0.2, 0.25) is 11.6 Å². The molecule has 2 aliphatic rings. The van der Waals surface area contributed by atoms with Crippen molar-refractivity contribution in [3.8, 4) is 0 Å². The number of ether oxygens (including phenoxy) is 2. The van der Waals surface area contributed by atoms with E-state index in [1.807, 2.05) is 23.1 Å². The van der Waals surface area contributed by atoms with Crippen molar-refractivity contribution in [2.45, 2.75) is 12.8 Å². The highest BCUT2D eigenvalue weighted by molar-refractivity contribution is 5.71. The number of hydrogen-bond donors (Lipinski definition) is 0. The lowest BCUT2D eigenvalue weighted by Gasteiger charge is -2.35. The third kappa shape index (κ3) is 4.66. The molecule has 0 radical (unpaired) electrons. The molecule has 0 spiro atoms. The van der Waals surface area contributed by atoms with E-state index in [0.717, 1.165) is 19.6 Å². The first-order valence-electron chi connectivity index (χ1n) is 10.1. The highest BCUT2D eigenvalue weighted by Crippen LogP contribution is 2.34. The Morgan fingerprint density at radius 1 is 1.13 bits per heavy atom. The summed E-state index contributed by atoms with van der Waals surface area (Å²) in [6.07, 6.45) is 0.982. The van der Waals surface area contributed by atoms with Crippen molar-refractivity contribution in [1.29, 1.82) is 0 Å². The van der Waals surface area contributed by atoms with Crippen molar-refractivity contribution in [2.24, 2.45) is 0 Å². The Bertz CT molecular complexity index is 854. The molecule has 0 amide bonds. The van der Waals surface area contributed by atoms with Crippen LogP contribution in [0.5, 0.6) is 0 Å². The molecular formula is C20H26N6O4. The van der Waals surface area contributed by atoms with E-state index in [4.69, 9.17) is 9.47 Å². The van der Waals surface area contributed by atoms with Gasteiger partial charge in [0.15, 0.2) is 6.29 Å². The molecule has 2 fully saturated rings. The van der Waals surface area contributed by atoms with Crippen LogP contribution < -0.4 is 9.80 Å². The molecule has 10 heteroatoms. The van der Waals surface area contributed by atoms with Gasteiger partial charge >= 0.3 is 5.69 Å². The van der Waals surface area contributed by atoms with Crippen molar-refractivity contribution in [3.63, 3.8) is 0 Å². The van der Waals surface area contributed by atoms with Gasteiger partial charge in [-0.3, -0.25) is 15.0 Å². The quantitative estimate of drug-likeness (QED) is 0.493. The number of anilines is 2. The lowest BCUT2D eigenvalue weighted by molar-refractivity contribution is -0.383. The van der Waals surface area contributed by atoms with Crippen LogP contribution in [0.4, 0.5) is 17.3 Å². The summed E-state index contributed by atoms with van der Waals surface area (Å²) < 4.78 is 10.9. The second kappa shape index (κ2) is 9.33. The molecular weight excluding hydrogens is 388 g/mol. The van der Waals surface area contributed by atoms with E-state index in [9.17, 15) is 10.1 Å². The number of benzene rings is 1. The number of nitro groups is 1. The largest absolute Gasteiger partial charge is 0.353 e. The number of rotatable bonds is 7. The molecule has 0 unspecified atom stereocenters. The average molecular weight is 414 g/mol. The zero-order valence-electron chi connectivity index (χ0n) is 17.0. The van der Waals surface area contributed by atoms with E-state index >= 15 is 0 Å². The minimum atomic E-state index is -0.408. The van der Waals surface area contributed by atoms with Gasteiger partial charge in [-0.15, -0.1) is 0 Å².